The summed E-state index contributed by atoms with van der Waals surface area (Å²) in [6.45, 7) is 9.02. The fourth-order valence-corrected chi connectivity index (χ4v) is 2.49. The van der Waals surface area contributed by atoms with E-state index in [1.54, 1.807) is 0 Å². The third-order valence-corrected chi connectivity index (χ3v) is 3.92. The van der Waals surface area contributed by atoms with Gasteiger partial charge in [0.25, 0.3) is 5.91 Å². The molecular weight excluding hydrogens is 262 g/mol. The molecule has 4 nitrogen and oxygen atoms in total. The zero-order valence-corrected chi connectivity index (χ0v) is 12.9. The number of carbonyl (C=O) groups excluding carboxylic acids is 1. The van der Waals surface area contributed by atoms with Crippen LogP contribution in [0.2, 0.25) is 0 Å². The van der Waals surface area contributed by atoms with Crippen molar-refractivity contribution in [3.63, 3.8) is 0 Å². The molecule has 1 heterocycles. The number of nitrogens with zero attached hydrogens (tertiary/aromatic N) is 2. The smallest absolute Gasteiger partial charge is 0.253 e. The number of hydrogen-bond acceptors (Lipinski definition) is 3. The highest BCUT2D eigenvalue weighted by Crippen LogP contribution is 2.14. The van der Waals surface area contributed by atoms with Crippen LogP contribution in [0.1, 0.15) is 28.4 Å². The highest BCUT2D eigenvalue weighted by Gasteiger charge is 2.21. The molecule has 112 valence electrons. The Kier molecular flexibility index (Phi) is 5.38. The molecule has 0 bridgehead atoms. The number of likely N-dealkylation sites (N-methyl/N-ethyl adjacent to an activating group) is 1. The lowest BCUT2D eigenvalue weighted by Gasteiger charge is -2.34. The van der Waals surface area contributed by atoms with Gasteiger partial charge in [-0.15, -0.1) is 0 Å². The van der Waals surface area contributed by atoms with Gasteiger partial charge in [-0.1, -0.05) is 24.8 Å². The normalized spacial score (nSPS) is 15.5. The largest absolute Gasteiger partial charge is 0.336 e. The second-order valence-corrected chi connectivity index (χ2v) is 5.26. The maximum absolute atomic E-state index is 12.6. The maximum atomic E-state index is 12.6. The Balaban J connectivity index is 2.13. The molecule has 1 aromatic carbocycles. The van der Waals surface area contributed by atoms with Crippen molar-refractivity contribution in [1.29, 1.82) is 0 Å². The molecule has 0 spiro atoms. The van der Waals surface area contributed by atoms with Gasteiger partial charge in [0.2, 0.25) is 0 Å². The van der Waals surface area contributed by atoms with Gasteiger partial charge >= 0.3 is 0 Å². The number of hydrogen-bond donors (Lipinski definition) is 1. The Hall–Kier alpha value is -1.83. The summed E-state index contributed by atoms with van der Waals surface area (Å²) in [6, 6.07) is 5.72. The summed E-state index contributed by atoms with van der Waals surface area (Å²) in [5.74, 6) is 5.98. The minimum absolute atomic E-state index is 0.0987. The summed E-state index contributed by atoms with van der Waals surface area (Å²) < 4.78 is 0. The number of piperazine rings is 1. The molecule has 1 aliphatic heterocycles. The Labute approximate surface area is 126 Å². The van der Waals surface area contributed by atoms with E-state index in [0.717, 1.165) is 43.9 Å². The summed E-state index contributed by atoms with van der Waals surface area (Å²) in [5.41, 5.74) is 8.09. The van der Waals surface area contributed by atoms with Crippen LogP contribution < -0.4 is 5.73 Å². The minimum atomic E-state index is 0.0987. The van der Waals surface area contributed by atoms with Crippen LogP contribution in [0.5, 0.6) is 0 Å². The molecule has 1 aromatic rings. The minimum Gasteiger partial charge on any atom is -0.336 e. The average Bonchev–Trinajstić information content (AvgIpc) is 2.53. The molecule has 2 N–H and O–H groups in total. The van der Waals surface area contributed by atoms with Crippen molar-refractivity contribution in [3.8, 4) is 11.8 Å². The number of aryl methyl sites for hydroxylation is 1. The Morgan fingerprint density at radius 3 is 2.62 bits per heavy atom. The van der Waals surface area contributed by atoms with Crippen molar-refractivity contribution in [3.05, 3.63) is 34.9 Å². The summed E-state index contributed by atoms with van der Waals surface area (Å²) in [4.78, 5) is 16.9. The van der Waals surface area contributed by atoms with Gasteiger partial charge in [0.05, 0.1) is 6.54 Å². The van der Waals surface area contributed by atoms with Crippen LogP contribution in [0.4, 0.5) is 0 Å². The zero-order chi connectivity index (χ0) is 15.2. The molecular formula is C17H23N3O. The van der Waals surface area contributed by atoms with Crippen LogP contribution in [-0.4, -0.2) is 55.0 Å². The number of rotatable bonds is 2. The van der Waals surface area contributed by atoms with E-state index in [1.165, 1.54) is 0 Å². The van der Waals surface area contributed by atoms with Crippen molar-refractivity contribution in [2.24, 2.45) is 5.73 Å². The van der Waals surface area contributed by atoms with Gasteiger partial charge in [0, 0.05) is 37.3 Å². The second kappa shape index (κ2) is 7.26. The van der Waals surface area contributed by atoms with Gasteiger partial charge in [0.1, 0.15) is 0 Å². The van der Waals surface area contributed by atoms with E-state index in [9.17, 15) is 4.79 Å². The van der Waals surface area contributed by atoms with Crippen LogP contribution in [0.25, 0.3) is 0 Å². The summed E-state index contributed by atoms with van der Waals surface area (Å²) in [5, 5.41) is 0. The summed E-state index contributed by atoms with van der Waals surface area (Å²) in [7, 11) is 0. The molecule has 1 saturated heterocycles. The van der Waals surface area contributed by atoms with Gasteiger partial charge in [-0.2, -0.15) is 0 Å². The van der Waals surface area contributed by atoms with E-state index in [0.29, 0.717) is 12.1 Å². The lowest BCUT2D eigenvalue weighted by molar-refractivity contribution is 0.0643. The number of carbonyl (C=O) groups is 1. The van der Waals surface area contributed by atoms with E-state index < -0.39 is 0 Å². The summed E-state index contributed by atoms with van der Waals surface area (Å²) in [6.07, 6.45) is 0. The van der Waals surface area contributed by atoms with Crippen molar-refractivity contribution < 1.29 is 4.79 Å². The Bertz CT molecular complexity index is 563. The molecule has 1 aliphatic rings. The topological polar surface area (TPSA) is 49.6 Å². The average molecular weight is 285 g/mol. The third-order valence-electron chi connectivity index (χ3n) is 3.92. The molecule has 1 fully saturated rings. The van der Waals surface area contributed by atoms with Crippen LogP contribution >= 0.6 is 0 Å². The summed E-state index contributed by atoms with van der Waals surface area (Å²) >= 11 is 0. The number of amides is 1. The molecule has 1 amide bonds. The van der Waals surface area contributed by atoms with Crippen LogP contribution in [0.15, 0.2) is 18.2 Å². The Morgan fingerprint density at radius 1 is 1.29 bits per heavy atom. The number of benzene rings is 1. The third kappa shape index (κ3) is 3.84. The van der Waals surface area contributed by atoms with Crippen molar-refractivity contribution in [2.45, 2.75) is 13.8 Å². The first-order valence-electron chi connectivity index (χ1n) is 7.47. The van der Waals surface area contributed by atoms with E-state index in [2.05, 4.69) is 23.7 Å². The molecule has 0 unspecified atom stereocenters. The van der Waals surface area contributed by atoms with Gasteiger partial charge < -0.3 is 15.5 Å². The molecule has 4 heteroatoms. The molecule has 0 atom stereocenters. The SMILES string of the molecule is CCN1CCN(C(=O)c2ccc(C)c(C#CCN)c2)CC1. The maximum Gasteiger partial charge on any atom is 0.253 e. The molecule has 2 rings (SSSR count). The second-order valence-electron chi connectivity index (χ2n) is 5.26. The first kappa shape index (κ1) is 15.6. The lowest BCUT2D eigenvalue weighted by Crippen LogP contribution is -2.48. The van der Waals surface area contributed by atoms with Crippen LogP contribution in [0.3, 0.4) is 0 Å². The predicted octanol–water partition coefficient (Wildman–Crippen LogP) is 1.08. The van der Waals surface area contributed by atoms with E-state index in [4.69, 9.17) is 5.73 Å². The molecule has 21 heavy (non-hydrogen) atoms. The highest BCUT2D eigenvalue weighted by molar-refractivity contribution is 5.94. The highest BCUT2D eigenvalue weighted by atomic mass is 16.2. The molecule has 0 saturated carbocycles. The number of nitrogens with two attached hydrogens (primary N) is 1. The van der Waals surface area contributed by atoms with E-state index in [-0.39, 0.29) is 5.91 Å². The van der Waals surface area contributed by atoms with Crippen molar-refractivity contribution in [1.82, 2.24) is 9.80 Å². The zero-order valence-electron chi connectivity index (χ0n) is 12.9. The monoisotopic (exact) mass is 285 g/mol. The van der Waals surface area contributed by atoms with Gasteiger partial charge in [-0.3, -0.25) is 4.79 Å². The molecule has 0 radical (unpaired) electrons. The van der Waals surface area contributed by atoms with Crippen LogP contribution in [-0.2, 0) is 0 Å². The van der Waals surface area contributed by atoms with Crippen LogP contribution in [0, 0.1) is 18.8 Å². The fraction of sp³-hybridized carbons (Fsp3) is 0.471. The van der Waals surface area contributed by atoms with Gasteiger partial charge in [-0.05, 0) is 31.2 Å². The van der Waals surface area contributed by atoms with Gasteiger partial charge in [0.15, 0.2) is 0 Å². The van der Waals surface area contributed by atoms with E-state index in [1.807, 2.05) is 30.0 Å². The standard InChI is InChI=1S/C17H23N3O/c1-3-19-9-11-20(12-10-19)17(21)16-7-6-14(2)15(13-16)5-4-8-18/h6-7,13H,3,8-12,18H2,1-2H3. The Morgan fingerprint density at radius 2 is 2.00 bits per heavy atom. The first-order valence-corrected chi connectivity index (χ1v) is 7.47. The van der Waals surface area contributed by atoms with Gasteiger partial charge in [-0.25, -0.2) is 0 Å². The van der Waals surface area contributed by atoms with Crippen molar-refractivity contribution >= 4 is 5.91 Å². The predicted molar refractivity (Wildman–Crippen MR) is 85.1 cm³/mol. The van der Waals surface area contributed by atoms with E-state index >= 15 is 0 Å². The first-order chi connectivity index (χ1) is 10.2. The molecule has 0 aromatic heterocycles. The van der Waals surface area contributed by atoms with Crippen molar-refractivity contribution in [2.75, 3.05) is 39.3 Å². The quantitative estimate of drug-likeness (QED) is 0.827. The molecule has 0 aliphatic carbocycles. The fourth-order valence-electron chi connectivity index (χ4n) is 2.49. The lowest BCUT2D eigenvalue weighted by atomic mass is 10.0.